The van der Waals surface area contributed by atoms with Gasteiger partial charge in [0.15, 0.2) is 0 Å². The number of fused-ring (bicyclic) bond motifs is 2. The summed E-state index contributed by atoms with van der Waals surface area (Å²) < 4.78 is 27.4. The van der Waals surface area contributed by atoms with E-state index in [-0.39, 0.29) is 23.6 Å². The summed E-state index contributed by atoms with van der Waals surface area (Å²) in [5, 5.41) is 3.74. The minimum absolute atomic E-state index is 0.0494. The molecule has 1 amide bonds. The smallest absolute Gasteiger partial charge is 0.282 e. The number of piperidine rings is 1. The predicted octanol–water partition coefficient (Wildman–Crippen LogP) is 3.07. The summed E-state index contributed by atoms with van der Waals surface area (Å²) in [5.41, 5.74) is 1.01. The van der Waals surface area contributed by atoms with Crippen LogP contribution < -0.4 is 0 Å². The van der Waals surface area contributed by atoms with Gasteiger partial charge in [-0.1, -0.05) is 11.6 Å². The number of carbonyl (C=O) groups is 1. The van der Waals surface area contributed by atoms with Gasteiger partial charge in [-0.15, -0.1) is 0 Å². The minimum Gasteiger partial charge on any atom is -0.332 e. The zero-order valence-electron chi connectivity index (χ0n) is 12.2. The van der Waals surface area contributed by atoms with Crippen molar-refractivity contribution in [2.24, 2.45) is 7.05 Å². The van der Waals surface area contributed by atoms with E-state index in [0.717, 1.165) is 25.7 Å². The molecule has 2 saturated heterocycles. The molecule has 2 atom stereocenters. The van der Waals surface area contributed by atoms with Crippen LogP contribution in [0.1, 0.15) is 55.1 Å². The largest absolute Gasteiger partial charge is 0.332 e. The van der Waals surface area contributed by atoms with E-state index in [0.29, 0.717) is 0 Å². The molecule has 4 nitrogen and oxygen atoms in total. The van der Waals surface area contributed by atoms with Crippen molar-refractivity contribution in [2.75, 3.05) is 0 Å². The second-order valence-electron chi connectivity index (χ2n) is 5.85. The monoisotopic (exact) mass is 295 g/mol. The number of allylic oxidation sites excluding steroid dienone is 1. The zero-order valence-corrected chi connectivity index (χ0v) is 12.2. The maximum Gasteiger partial charge on any atom is 0.282 e. The minimum atomic E-state index is -2.72. The predicted molar refractivity (Wildman–Crippen MR) is 74.1 cm³/mol. The third-order valence-electron chi connectivity index (χ3n) is 4.55. The summed E-state index contributed by atoms with van der Waals surface area (Å²) in [6.45, 7) is 2.02. The van der Waals surface area contributed by atoms with Crippen LogP contribution >= 0.6 is 0 Å². The van der Waals surface area contributed by atoms with Crippen molar-refractivity contribution in [2.45, 2.75) is 51.1 Å². The Bertz CT molecular complexity index is 578. The Hall–Kier alpha value is -1.72. The molecule has 21 heavy (non-hydrogen) atoms. The summed E-state index contributed by atoms with van der Waals surface area (Å²) in [6, 6.07) is 0.293. The van der Waals surface area contributed by atoms with Gasteiger partial charge in [-0.25, -0.2) is 8.78 Å². The summed E-state index contributed by atoms with van der Waals surface area (Å²) >= 11 is 0. The van der Waals surface area contributed by atoms with Crippen LogP contribution in [0.25, 0.3) is 0 Å². The second-order valence-corrected chi connectivity index (χ2v) is 5.85. The molecular formula is C15H19F2N3O. The zero-order chi connectivity index (χ0) is 15.1. The Morgan fingerprint density at radius 1 is 1.38 bits per heavy atom. The van der Waals surface area contributed by atoms with Crippen molar-refractivity contribution >= 4 is 5.91 Å². The number of carbonyl (C=O) groups excluding carboxylic acids is 1. The average Bonchev–Trinajstić information content (AvgIpc) is 2.96. The third-order valence-corrected chi connectivity index (χ3v) is 4.55. The number of aromatic nitrogens is 2. The molecule has 6 heteroatoms. The molecule has 3 rings (SSSR count). The van der Waals surface area contributed by atoms with Crippen LogP contribution in [0, 0.1) is 0 Å². The molecule has 2 aliphatic heterocycles. The first-order valence-corrected chi connectivity index (χ1v) is 7.29. The normalized spacial score (nSPS) is 24.8. The first kappa shape index (κ1) is 14.2. The van der Waals surface area contributed by atoms with Crippen molar-refractivity contribution in [1.82, 2.24) is 14.7 Å². The molecular weight excluding hydrogens is 276 g/mol. The number of alkyl halides is 2. The number of aryl methyl sites for hydroxylation is 1. The van der Waals surface area contributed by atoms with Gasteiger partial charge >= 0.3 is 0 Å². The van der Waals surface area contributed by atoms with E-state index in [1.54, 1.807) is 7.05 Å². The Labute approximate surface area is 122 Å². The van der Waals surface area contributed by atoms with E-state index in [4.69, 9.17) is 0 Å². The van der Waals surface area contributed by atoms with Gasteiger partial charge in [-0.2, -0.15) is 5.10 Å². The summed E-state index contributed by atoms with van der Waals surface area (Å²) in [6.07, 6.45) is 4.44. The van der Waals surface area contributed by atoms with Gasteiger partial charge in [0.1, 0.15) is 5.69 Å². The molecule has 2 fully saturated rings. The van der Waals surface area contributed by atoms with Gasteiger partial charge < -0.3 is 4.90 Å². The van der Waals surface area contributed by atoms with Crippen LogP contribution in [0.5, 0.6) is 0 Å². The van der Waals surface area contributed by atoms with Gasteiger partial charge in [0.2, 0.25) is 0 Å². The molecule has 0 spiro atoms. The highest BCUT2D eigenvalue weighted by Crippen LogP contribution is 2.39. The Morgan fingerprint density at radius 2 is 2.00 bits per heavy atom. The van der Waals surface area contributed by atoms with Gasteiger partial charge in [0, 0.05) is 25.3 Å². The van der Waals surface area contributed by atoms with Crippen LogP contribution in [0.2, 0.25) is 0 Å². The SMILES string of the molecule is CC=C1CC2CCC(C1)N2C(=O)c1cn(C)nc1C(F)F. The van der Waals surface area contributed by atoms with E-state index < -0.39 is 12.1 Å². The number of amides is 1. The first-order chi connectivity index (χ1) is 10.0. The fourth-order valence-corrected chi connectivity index (χ4v) is 3.59. The molecule has 3 heterocycles. The Kier molecular flexibility index (Phi) is 3.55. The molecule has 2 bridgehead atoms. The van der Waals surface area contributed by atoms with Crippen LogP contribution in [-0.2, 0) is 7.05 Å². The van der Waals surface area contributed by atoms with E-state index in [9.17, 15) is 13.6 Å². The van der Waals surface area contributed by atoms with Crippen molar-refractivity contribution in [3.05, 3.63) is 29.1 Å². The quantitative estimate of drug-likeness (QED) is 0.786. The molecule has 0 aromatic carbocycles. The van der Waals surface area contributed by atoms with Crippen molar-refractivity contribution in [3.63, 3.8) is 0 Å². The number of hydrogen-bond donors (Lipinski definition) is 0. The summed E-state index contributed by atoms with van der Waals surface area (Å²) in [4.78, 5) is 14.5. The van der Waals surface area contributed by atoms with Crippen molar-refractivity contribution in [3.8, 4) is 0 Å². The third kappa shape index (κ3) is 2.36. The van der Waals surface area contributed by atoms with Gasteiger partial charge in [-0.05, 0) is 32.6 Å². The fourth-order valence-electron chi connectivity index (χ4n) is 3.59. The average molecular weight is 295 g/mol. The molecule has 0 saturated carbocycles. The maximum atomic E-state index is 13.0. The molecule has 2 unspecified atom stereocenters. The van der Waals surface area contributed by atoms with E-state index >= 15 is 0 Å². The molecule has 0 aliphatic carbocycles. The first-order valence-electron chi connectivity index (χ1n) is 7.29. The molecule has 0 N–H and O–H groups in total. The van der Waals surface area contributed by atoms with Crippen molar-refractivity contribution in [1.29, 1.82) is 0 Å². The number of halogens is 2. The van der Waals surface area contributed by atoms with Crippen LogP contribution in [0.3, 0.4) is 0 Å². The van der Waals surface area contributed by atoms with E-state index in [1.807, 2.05) is 11.8 Å². The molecule has 2 aliphatic rings. The molecule has 0 radical (unpaired) electrons. The highest BCUT2D eigenvalue weighted by Gasteiger charge is 2.42. The van der Waals surface area contributed by atoms with Gasteiger partial charge in [-0.3, -0.25) is 9.48 Å². The van der Waals surface area contributed by atoms with Crippen LogP contribution in [0.4, 0.5) is 8.78 Å². The Balaban J connectivity index is 1.90. The topological polar surface area (TPSA) is 38.1 Å². The van der Waals surface area contributed by atoms with Crippen LogP contribution in [0.15, 0.2) is 17.8 Å². The van der Waals surface area contributed by atoms with Crippen LogP contribution in [-0.4, -0.2) is 32.7 Å². The lowest BCUT2D eigenvalue weighted by Gasteiger charge is -2.36. The second kappa shape index (κ2) is 5.24. The fraction of sp³-hybridized carbons (Fsp3) is 0.600. The lowest BCUT2D eigenvalue weighted by Crippen LogP contribution is -2.44. The summed E-state index contributed by atoms with van der Waals surface area (Å²) in [5.74, 6) is -0.291. The molecule has 114 valence electrons. The summed E-state index contributed by atoms with van der Waals surface area (Å²) in [7, 11) is 1.56. The molecule has 1 aromatic heterocycles. The number of nitrogens with zero attached hydrogens (tertiary/aromatic N) is 3. The lowest BCUT2D eigenvalue weighted by molar-refractivity contribution is 0.0623. The Morgan fingerprint density at radius 3 is 2.52 bits per heavy atom. The van der Waals surface area contributed by atoms with Gasteiger partial charge in [0.25, 0.3) is 12.3 Å². The molecule has 1 aromatic rings. The highest BCUT2D eigenvalue weighted by atomic mass is 19.3. The maximum absolute atomic E-state index is 13.0. The standard InChI is InChI=1S/C15H19F2N3O/c1-3-9-6-10-4-5-11(7-9)20(10)15(21)12-8-19(2)18-13(12)14(16)17/h3,8,10-11,14H,4-7H2,1-2H3. The van der Waals surface area contributed by atoms with E-state index in [2.05, 4.69) is 11.2 Å². The lowest BCUT2D eigenvalue weighted by atomic mass is 9.96. The number of rotatable bonds is 2. The number of hydrogen-bond acceptors (Lipinski definition) is 2. The van der Waals surface area contributed by atoms with Crippen molar-refractivity contribution < 1.29 is 13.6 Å². The highest BCUT2D eigenvalue weighted by molar-refractivity contribution is 5.96. The van der Waals surface area contributed by atoms with E-state index in [1.165, 1.54) is 16.5 Å². The van der Waals surface area contributed by atoms with Gasteiger partial charge in [0.05, 0.1) is 5.56 Å².